The van der Waals surface area contributed by atoms with Gasteiger partial charge in [-0.2, -0.15) is 0 Å². The van der Waals surface area contributed by atoms with Crippen LogP contribution in [0.2, 0.25) is 0 Å². The molecular weight excluding hydrogens is 258 g/mol. The Labute approximate surface area is 118 Å². The van der Waals surface area contributed by atoms with Crippen molar-refractivity contribution in [1.29, 1.82) is 0 Å². The van der Waals surface area contributed by atoms with Gasteiger partial charge in [0.2, 0.25) is 5.88 Å². The average Bonchev–Trinajstić information content (AvgIpc) is 2.31. The molecule has 1 fully saturated rings. The third-order valence-corrected chi connectivity index (χ3v) is 3.58. The van der Waals surface area contributed by atoms with E-state index in [2.05, 4.69) is 15.3 Å². The van der Waals surface area contributed by atoms with Crippen molar-refractivity contribution in [1.82, 2.24) is 9.97 Å². The summed E-state index contributed by atoms with van der Waals surface area (Å²) in [6, 6.07) is 1.74. The number of hydrogen-bond donors (Lipinski definition) is 2. The van der Waals surface area contributed by atoms with Crippen molar-refractivity contribution in [3.63, 3.8) is 0 Å². The number of nitrogens with one attached hydrogen (secondary N) is 1. The quantitative estimate of drug-likeness (QED) is 0.797. The van der Waals surface area contributed by atoms with Crippen molar-refractivity contribution in [3.8, 4) is 5.88 Å². The van der Waals surface area contributed by atoms with Gasteiger partial charge in [-0.1, -0.05) is 6.42 Å². The summed E-state index contributed by atoms with van der Waals surface area (Å²) in [5.74, 6) is 0.462. The van der Waals surface area contributed by atoms with Crippen LogP contribution in [-0.2, 0) is 4.79 Å². The molecule has 6 nitrogen and oxygen atoms in total. The molecule has 2 rings (SSSR count). The second-order valence-corrected chi connectivity index (χ2v) is 5.69. The minimum atomic E-state index is -0.738. The fourth-order valence-electron chi connectivity index (χ4n) is 2.43. The third-order valence-electron chi connectivity index (χ3n) is 3.58. The first kappa shape index (κ1) is 14.6. The molecule has 0 aromatic carbocycles. The Morgan fingerprint density at radius 2 is 2.25 bits per heavy atom. The zero-order valence-corrected chi connectivity index (χ0v) is 11.9. The first-order valence-corrected chi connectivity index (χ1v) is 6.93. The van der Waals surface area contributed by atoms with Crippen LogP contribution >= 0.6 is 0 Å². The van der Waals surface area contributed by atoms with Gasteiger partial charge in [0.1, 0.15) is 12.1 Å². The van der Waals surface area contributed by atoms with Crippen LogP contribution in [0.3, 0.4) is 0 Å². The van der Waals surface area contributed by atoms with E-state index < -0.39 is 5.97 Å². The van der Waals surface area contributed by atoms with E-state index in [-0.39, 0.29) is 17.9 Å². The van der Waals surface area contributed by atoms with Crippen molar-refractivity contribution in [2.75, 3.05) is 11.9 Å². The van der Waals surface area contributed by atoms with E-state index >= 15 is 0 Å². The molecule has 1 aromatic rings. The summed E-state index contributed by atoms with van der Waals surface area (Å²) in [5.41, 5.74) is -0.129. The maximum absolute atomic E-state index is 10.9. The van der Waals surface area contributed by atoms with Crippen LogP contribution in [0, 0.1) is 5.41 Å². The number of rotatable bonds is 7. The van der Waals surface area contributed by atoms with Gasteiger partial charge < -0.3 is 15.2 Å². The zero-order chi connectivity index (χ0) is 14.6. The minimum absolute atomic E-state index is 0.0581. The van der Waals surface area contributed by atoms with E-state index in [1.165, 1.54) is 6.33 Å². The molecule has 20 heavy (non-hydrogen) atoms. The van der Waals surface area contributed by atoms with Crippen LogP contribution in [0.15, 0.2) is 12.4 Å². The molecule has 0 aliphatic heterocycles. The van der Waals surface area contributed by atoms with Gasteiger partial charge >= 0.3 is 5.97 Å². The Morgan fingerprint density at radius 1 is 1.50 bits per heavy atom. The molecule has 1 aromatic heterocycles. The molecule has 0 bridgehead atoms. The Balaban J connectivity index is 1.94. The van der Waals surface area contributed by atoms with Gasteiger partial charge in [-0.15, -0.1) is 0 Å². The van der Waals surface area contributed by atoms with Crippen LogP contribution in [0.25, 0.3) is 0 Å². The highest BCUT2D eigenvalue weighted by molar-refractivity contribution is 5.68. The molecule has 0 saturated heterocycles. The highest BCUT2D eigenvalue weighted by Gasteiger charge is 2.38. The van der Waals surface area contributed by atoms with Crippen LogP contribution in [0.5, 0.6) is 5.88 Å². The number of carboxylic acids is 1. The lowest BCUT2D eigenvalue weighted by atomic mass is 9.66. The highest BCUT2D eigenvalue weighted by atomic mass is 16.5. The summed E-state index contributed by atoms with van der Waals surface area (Å²) in [6.45, 7) is 4.49. The molecule has 1 aliphatic carbocycles. The second kappa shape index (κ2) is 6.07. The summed E-state index contributed by atoms with van der Waals surface area (Å²) >= 11 is 0. The normalized spacial score (nSPS) is 16.6. The molecule has 6 heteroatoms. The monoisotopic (exact) mass is 279 g/mol. The average molecular weight is 279 g/mol. The van der Waals surface area contributed by atoms with Gasteiger partial charge in [-0.05, 0) is 32.1 Å². The Hall–Kier alpha value is -1.85. The molecule has 0 radical (unpaired) electrons. The lowest BCUT2D eigenvalue weighted by molar-refractivity contribution is -0.141. The van der Waals surface area contributed by atoms with Gasteiger partial charge in [-0.3, -0.25) is 4.79 Å². The first-order valence-electron chi connectivity index (χ1n) is 6.93. The summed E-state index contributed by atoms with van der Waals surface area (Å²) < 4.78 is 5.51. The fraction of sp³-hybridized carbons (Fsp3) is 0.643. The van der Waals surface area contributed by atoms with E-state index in [1.54, 1.807) is 6.07 Å². The van der Waals surface area contributed by atoms with Gasteiger partial charge in [0.15, 0.2) is 0 Å². The van der Waals surface area contributed by atoms with Crippen LogP contribution in [0.4, 0.5) is 5.82 Å². The molecule has 0 atom stereocenters. The van der Waals surface area contributed by atoms with Crippen LogP contribution in [-0.4, -0.2) is 33.7 Å². The molecule has 1 aliphatic rings. The zero-order valence-electron chi connectivity index (χ0n) is 11.9. The lowest BCUT2D eigenvalue weighted by Gasteiger charge is -2.41. The second-order valence-electron chi connectivity index (χ2n) is 5.69. The summed E-state index contributed by atoms with van der Waals surface area (Å²) in [4.78, 5) is 19.1. The Morgan fingerprint density at radius 3 is 2.80 bits per heavy atom. The van der Waals surface area contributed by atoms with Crippen molar-refractivity contribution in [3.05, 3.63) is 12.4 Å². The number of carboxylic acid groups (broad SMARTS) is 1. The van der Waals surface area contributed by atoms with Gasteiger partial charge in [0.05, 0.1) is 12.5 Å². The number of ether oxygens (including phenoxy) is 1. The highest BCUT2D eigenvalue weighted by Crippen LogP contribution is 2.43. The number of anilines is 1. The van der Waals surface area contributed by atoms with Crippen LogP contribution in [0.1, 0.15) is 39.5 Å². The number of carbonyl (C=O) groups is 1. The van der Waals surface area contributed by atoms with Crippen molar-refractivity contribution >= 4 is 11.8 Å². The topological polar surface area (TPSA) is 84.3 Å². The standard InChI is InChI=1S/C14H21N3O3/c1-10(2)20-12-6-11(16-9-17-12)15-8-14(4-3-5-14)7-13(18)19/h6,9-10H,3-5,7-8H2,1-2H3,(H,18,19)(H,15,16,17). The van der Waals surface area contributed by atoms with Crippen molar-refractivity contribution in [2.24, 2.45) is 5.41 Å². The number of hydrogen-bond acceptors (Lipinski definition) is 5. The lowest BCUT2D eigenvalue weighted by Crippen LogP contribution is -2.38. The number of aliphatic carboxylic acids is 1. The first-order chi connectivity index (χ1) is 9.49. The number of aromatic nitrogens is 2. The molecule has 1 saturated carbocycles. The fourth-order valence-corrected chi connectivity index (χ4v) is 2.43. The summed E-state index contributed by atoms with van der Waals surface area (Å²) in [5, 5.41) is 12.2. The van der Waals surface area contributed by atoms with E-state index in [9.17, 15) is 4.79 Å². The predicted octanol–water partition coefficient (Wildman–Crippen LogP) is 2.32. The number of nitrogens with zero attached hydrogens (tertiary/aromatic N) is 2. The smallest absolute Gasteiger partial charge is 0.303 e. The van der Waals surface area contributed by atoms with Crippen molar-refractivity contribution < 1.29 is 14.6 Å². The predicted molar refractivity (Wildman–Crippen MR) is 74.8 cm³/mol. The molecule has 110 valence electrons. The Kier molecular flexibility index (Phi) is 4.42. The van der Waals surface area contributed by atoms with E-state index in [0.29, 0.717) is 18.2 Å². The largest absolute Gasteiger partial charge is 0.481 e. The van der Waals surface area contributed by atoms with E-state index in [4.69, 9.17) is 9.84 Å². The van der Waals surface area contributed by atoms with E-state index in [0.717, 1.165) is 19.3 Å². The Bertz CT molecular complexity index is 472. The molecule has 0 amide bonds. The van der Waals surface area contributed by atoms with Crippen molar-refractivity contribution in [2.45, 2.75) is 45.6 Å². The summed E-state index contributed by atoms with van der Waals surface area (Å²) in [6.07, 6.45) is 4.72. The van der Waals surface area contributed by atoms with Gasteiger partial charge in [-0.25, -0.2) is 9.97 Å². The van der Waals surface area contributed by atoms with Gasteiger partial charge in [0, 0.05) is 12.6 Å². The minimum Gasteiger partial charge on any atom is -0.481 e. The maximum atomic E-state index is 10.9. The molecule has 2 N–H and O–H groups in total. The summed E-state index contributed by atoms with van der Waals surface area (Å²) in [7, 11) is 0. The maximum Gasteiger partial charge on any atom is 0.303 e. The molecule has 0 spiro atoms. The van der Waals surface area contributed by atoms with E-state index in [1.807, 2.05) is 13.8 Å². The molecule has 0 unspecified atom stereocenters. The third kappa shape index (κ3) is 3.82. The molecule has 1 heterocycles. The SMILES string of the molecule is CC(C)Oc1cc(NCC2(CC(=O)O)CCC2)ncn1. The molecular formula is C14H21N3O3. The van der Waals surface area contributed by atoms with Gasteiger partial charge in [0.25, 0.3) is 0 Å². The van der Waals surface area contributed by atoms with Crippen LogP contribution < -0.4 is 10.1 Å².